The third kappa shape index (κ3) is 6.25. The molecule has 1 aliphatic carbocycles. The van der Waals surface area contributed by atoms with Crippen LogP contribution in [0.5, 0.6) is 5.75 Å². The van der Waals surface area contributed by atoms with Crippen LogP contribution in [0.3, 0.4) is 0 Å². The van der Waals surface area contributed by atoms with Crippen molar-refractivity contribution in [1.82, 2.24) is 10.2 Å². The predicted octanol–water partition coefficient (Wildman–Crippen LogP) is 4.60. The monoisotopic (exact) mass is 543 g/mol. The zero-order chi connectivity index (χ0) is 26.1. The van der Waals surface area contributed by atoms with E-state index in [1.807, 2.05) is 0 Å². The van der Waals surface area contributed by atoms with E-state index in [4.69, 9.17) is 28.9 Å². The zero-order valence-corrected chi connectivity index (χ0v) is 20.8. The number of halogens is 5. The van der Waals surface area contributed by atoms with E-state index in [1.165, 1.54) is 24.3 Å². The molecule has 1 unspecified atom stereocenters. The maximum Gasteiger partial charge on any atom is 0.573 e. The molecule has 2 aromatic carbocycles. The van der Waals surface area contributed by atoms with E-state index in [-0.39, 0.29) is 30.0 Å². The largest absolute Gasteiger partial charge is 0.573 e. The summed E-state index contributed by atoms with van der Waals surface area (Å²) in [6.07, 6.45) is -2.27. The number of nitrogens with zero attached hydrogens (tertiary/aromatic N) is 1. The first kappa shape index (κ1) is 26.6. The Labute approximate surface area is 216 Å². The number of hydrogen-bond acceptors (Lipinski definition) is 4. The number of piperidine rings is 1. The molecule has 1 aliphatic heterocycles. The van der Waals surface area contributed by atoms with Gasteiger partial charge in [0.1, 0.15) is 11.8 Å². The van der Waals surface area contributed by atoms with Crippen LogP contribution in [0.1, 0.15) is 36.8 Å². The van der Waals surface area contributed by atoms with Crippen molar-refractivity contribution >= 4 is 35.0 Å². The van der Waals surface area contributed by atoms with E-state index in [1.54, 1.807) is 23.1 Å². The molecule has 2 fully saturated rings. The summed E-state index contributed by atoms with van der Waals surface area (Å²) in [6, 6.07) is 9.39. The summed E-state index contributed by atoms with van der Waals surface area (Å²) >= 11 is 12.4. The minimum Gasteiger partial charge on any atom is -0.406 e. The standard InChI is InChI=1S/C25H26Cl2F3N3O3/c26-17-4-1-15(20(27)14-17)13-21(22(34)33-11-7-18(31)8-12-33)32-23(35)24(9-10-24)16-2-5-19(6-3-16)36-25(28,29)30/h1-6,14,18,21H,7-13,31H2,(H,32,35). The normalized spacial score (nSPS) is 18.4. The summed E-state index contributed by atoms with van der Waals surface area (Å²) in [4.78, 5) is 28.6. The molecule has 2 aliphatic rings. The first-order chi connectivity index (χ1) is 17.0. The summed E-state index contributed by atoms with van der Waals surface area (Å²) in [5.74, 6) is -0.952. The Morgan fingerprint density at radius 1 is 1.11 bits per heavy atom. The molecule has 1 saturated heterocycles. The van der Waals surface area contributed by atoms with Gasteiger partial charge in [0.05, 0.1) is 5.41 Å². The van der Waals surface area contributed by atoms with E-state index in [9.17, 15) is 22.8 Å². The maximum atomic E-state index is 13.5. The molecular weight excluding hydrogens is 518 g/mol. The SMILES string of the molecule is NC1CCN(C(=O)C(Cc2ccc(Cl)cc2Cl)NC(=O)C2(c3ccc(OC(F)(F)F)cc3)CC2)CC1. The molecule has 2 aromatic rings. The van der Waals surface area contributed by atoms with Crippen molar-refractivity contribution in [2.75, 3.05) is 13.1 Å². The summed E-state index contributed by atoms with van der Waals surface area (Å²) in [5, 5.41) is 3.75. The van der Waals surface area contributed by atoms with Gasteiger partial charge >= 0.3 is 6.36 Å². The van der Waals surface area contributed by atoms with Gasteiger partial charge < -0.3 is 20.7 Å². The third-order valence-electron chi connectivity index (χ3n) is 6.72. The number of likely N-dealkylation sites (tertiary alicyclic amines) is 1. The average molecular weight is 544 g/mol. The fourth-order valence-electron chi connectivity index (χ4n) is 4.49. The van der Waals surface area contributed by atoms with E-state index in [2.05, 4.69) is 10.1 Å². The topological polar surface area (TPSA) is 84.7 Å². The highest BCUT2D eigenvalue weighted by molar-refractivity contribution is 6.35. The lowest BCUT2D eigenvalue weighted by atomic mass is 9.93. The molecule has 1 atom stereocenters. The summed E-state index contributed by atoms with van der Waals surface area (Å²) in [5.41, 5.74) is 6.29. The van der Waals surface area contributed by atoms with Gasteiger partial charge in [-0.15, -0.1) is 13.2 Å². The van der Waals surface area contributed by atoms with Crippen LogP contribution < -0.4 is 15.8 Å². The number of nitrogens with one attached hydrogen (secondary N) is 1. The number of benzene rings is 2. The van der Waals surface area contributed by atoms with Crippen LogP contribution in [0.2, 0.25) is 10.0 Å². The number of rotatable bonds is 7. The minimum atomic E-state index is -4.80. The van der Waals surface area contributed by atoms with Crippen LogP contribution in [0.15, 0.2) is 42.5 Å². The van der Waals surface area contributed by atoms with Gasteiger partial charge in [-0.1, -0.05) is 41.4 Å². The predicted molar refractivity (Wildman–Crippen MR) is 130 cm³/mol. The highest BCUT2D eigenvalue weighted by Crippen LogP contribution is 2.49. The number of amides is 2. The fraction of sp³-hybridized carbons (Fsp3) is 0.440. The molecule has 0 bridgehead atoms. The second-order valence-corrected chi connectivity index (χ2v) is 10.1. The van der Waals surface area contributed by atoms with E-state index in [0.717, 1.165) is 0 Å². The lowest BCUT2D eigenvalue weighted by molar-refractivity contribution is -0.274. The molecule has 1 saturated carbocycles. The van der Waals surface area contributed by atoms with Crippen molar-refractivity contribution in [2.45, 2.75) is 56.0 Å². The van der Waals surface area contributed by atoms with Crippen LogP contribution in [0.4, 0.5) is 13.2 Å². The minimum absolute atomic E-state index is 0.0341. The molecule has 2 amide bonds. The van der Waals surface area contributed by atoms with Gasteiger partial charge in [0.25, 0.3) is 0 Å². The summed E-state index contributed by atoms with van der Waals surface area (Å²) in [7, 11) is 0. The highest BCUT2D eigenvalue weighted by atomic mass is 35.5. The van der Waals surface area contributed by atoms with Crippen LogP contribution in [0, 0.1) is 0 Å². The second-order valence-electron chi connectivity index (χ2n) is 9.28. The Kier molecular flexibility index (Phi) is 7.73. The van der Waals surface area contributed by atoms with Gasteiger partial charge in [0.2, 0.25) is 11.8 Å². The number of carbonyl (C=O) groups is 2. The molecule has 3 N–H and O–H groups in total. The van der Waals surface area contributed by atoms with Crippen molar-refractivity contribution < 1.29 is 27.5 Å². The molecule has 6 nitrogen and oxygen atoms in total. The first-order valence-corrected chi connectivity index (χ1v) is 12.4. The van der Waals surface area contributed by atoms with Gasteiger partial charge in [-0.3, -0.25) is 9.59 Å². The number of ether oxygens (including phenoxy) is 1. The van der Waals surface area contributed by atoms with Crippen LogP contribution >= 0.6 is 23.2 Å². The second kappa shape index (κ2) is 10.5. The number of hydrogen-bond donors (Lipinski definition) is 2. The van der Waals surface area contributed by atoms with Crippen molar-refractivity contribution in [3.05, 3.63) is 63.6 Å². The average Bonchev–Trinajstić information content (AvgIpc) is 3.62. The van der Waals surface area contributed by atoms with Crippen molar-refractivity contribution in [2.24, 2.45) is 5.73 Å². The van der Waals surface area contributed by atoms with Gasteiger partial charge in [-0.05, 0) is 61.1 Å². The Morgan fingerprint density at radius 3 is 2.31 bits per heavy atom. The van der Waals surface area contributed by atoms with Gasteiger partial charge in [-0.25, -0.2) is 0 Å². The zero-order valence-electron chi connectivity index (χ0n) is 19.3. The van der Waals surface area contributed by atoms with Gasteiger partial charge in [0.15, 0.2) is 0 Å². The van der Waals surface area contributed by atoms with Crippen molar-refractivity contribution in [3.8, 4) is 5.75 Å². The Bertz CT molecular complexity index is 1120. The van der Waals surface area contributed by atoms with E-state index >= 15 is 0 Å². The smallest absolute Gasteiger partial charge is 0.406 e. The van der Waals surface area contributed by atoms with Crippen LogP contribution in [-0.4, -0.2) is 48.2 Å². The molecular formula is C25H26Cl2F3N3O3. The van der Waals surface area contributed by atoms with Gasteiger partial charge in [0, 0.05) is 35.6 Å². The summed E-state index contributed by atoms with van der Waals surface area (Å²) < 4.78 is 41.4. The molecule has 0 radical (unpaired) electrons. The molecule has 0 aromatic heterocycles. The lowest BCUT2D eigenvalue weighted by Crippen LogP contribution is -2.54. The van der Waals surface area contributed by atoms with Crippen LogP contribution in [0.25, 0.3) is 0 Å². The molecule has 1 heterocycles. The lowest BCUT2D eigenvalue weighted by Gasteiger charge is -2.33. The molecule has 4 rings (SSSR count). The number of carbonyl (C=O) groups excluding carboxylic acids is 2. The first-order valence-electron chi connectivity index (χ1n) is 11.6. The van der Waals surface area contributed by atoms with Crippen LogP contribution in [-0.2, 0) is 21.4 Å². The molecule has 36 heavy (non-hydrogen) atoms. The maximum absolute atomic E-state index is 13.5. The Morgan fingerprint density at radius 2 is 1.75 bits per heavy atom. The molecule has 0 spiro atoms. The molecule has 11 heteroatoms. The van der Waals surface area contributed by atoms with Crippen molar-refractivity contribution in [1.29, 1.82) is 0 Å². The fourth-order valence-corrected chi connectivity index (χ4v) is 4.98. The number of nitrogens with two attached hydrogens (primary N) is 1. The van der Waals surface area contributed by atoms with Gasteiger partial charge in [-0.2, -0.15) is 0 Å². The van der Waals surface area contributed by atoms with Crippen molar-refractivity contribution in [3.63, 3.8) is 0 Å². The summed E-state index contributed by atoms with van der Waals surface area (Å²) in [6.45, 7) is 0.985. The highest BCUT2D eigenvalue weighted by Gasteiger charge is 2.52. The quantitative estimate of drug-likeness (QED) is 0.534. The Hall–Kier alpha value is -2.49. The number of alkyl halides is 3. The Balaban J connectivity index is 1.53. The third-order valence-corrected chi connectivity index (χ3v) is 7.31. The van der Waals surface area contributed by atoms with E-state index in [0.29, 0.717) is 59.9 Å². The molecule has 194 valence electrons. The van der Waals surface area contributed by atoms with E-state index < -0.39 is 17.8 Å².